The van der Waals surface area contributed by atoms with Gasteiger partial charge in [0.25, 0.3) is 0 Å². The summed E-state index contributed by atoms with van der Waals surface area (Å²) in [6.45, 7) is 12.8. The highest BCUT2D eigenvalue weighted by molar-refractivity contribution is 9.09. The van der Waals surface area contributed by atoms with E-state index in [1.807, 2.05) is 48.3 Å². The summed E-state index contributed by atoms with van der Waals surface area (Å²) in [5, 5.41) is 0.791. The second-order valence-corrected chi connectivity index (χ2v) is 21.2. The van der Waals surface area contributed by atoms with E-state index < -0.39 is 23.8 Å². The molecule has 3 nitrogen and oxygen atoms in total. The Bertz CT molecular complexity index is 790. The van der Waals surface area contributed by atoms with Crippen LogP contribution in [0.25, 0.3) is 0 Å². The molecule has 27 heavy (non-hydrogen) atoms. The van der Waals surface area contributed by atoms with Crippen molar-refractivity contribution in [1.82, 2.24) is 0 Å². The van der Waals surface area contributed by atoms with E-state index >= 15 is 0 Å². The molecule has 1 aromatic carbocycles. The largest absolute Gasteiger partial charge is 0.547 e. The smallest absolute Gasteiger partial charge is 0.242 e. The van der Waals surface area contributed by atoms with Crippen molar-refractivity contribution in [3.05, 3.63) is 65.6 Å². The van der Waals surface area contributed by atoms with Gasteiger partial charge in [-0.1, -0.05) is 52.3 Å². The first kappa shape index (κ1) is 22.5. The number of allylic oxidation sites excluding steroid dienone is 3. The van der Waals surface area contributed by atoms with Crippen LogP contribution in [0.3, 0.4) is 0 Å². The molecule has 2 rings (SSSR count). The maximum Gasteiger partial charge on any atom is 0.242 e. The molecule has 0 aliphatic carbocycles. The maximum absolute atomic E-state index is 14.1. The van der Waals surface area contributed by atoms with Gasteiger partial charge in [-0.05, 0) is 45.4 Å². The van der Waals surface area contributed by atoms with Crippen LogP contribution >= 0.6 is 23.1 Å². The van der Waals surface area contributed by atoms with Gasteiger partial charge in [0.2, 0.25) is 16.6 Å². The molecule has 0 aromatic heterocycles. The summed E-state index contributed by atoms with van der Waals surface area (Å²) in [6.07, 6.45) is 4.65. The second kappa shape index (κ2) is 8.68. The van der Waals surface area contributed by atoms with Gasteiger partial charge in [0, 0.05) is 28.2 Å². The first-order chi connectivity index (χ1) is 12.4. The molecule has 0 saturated carbocycles. The zero-order valence-corrected chi connectivity index (χ0v) is 21.5. The number of rotatable bonds is 5. The van der Waals surface area contributed by atoms with Gasteiger partial charge in [0.1, 0.15) is 5.76 Å². The summed E-state index contributed by atoms with van der Waals surface area (Å²) in [5.74, 6) is 5.11. The fourth-order valence-electron chi connectivity index (χ4n) is 2.68. The van der Waals surface area contributed by atoms with Crippen molar-refractivity contribution in [2.75, 3.05) is 0 Å². The van der Waals surface area contributed by atoms with E-state index in [0.717, 1.165) is 11.1 Å². The lowest BCUT2D eigenvalue weighted by atomic mass is 10.2. The minimum Gasteiger partial charge on any atom is -0.547 e. The van der Waals surface area contributed by atoms with Crippen LogP contribution in [0.5, 0.6) is 0 Å². The van der Waals surface area contributed by atoms with Crippen LogP contribution < -0.4 is 5.30 Å². The van der Waals surface area contributed by atoms with Crippen molar-refractivity contribution >= 4 is 45.0 Å². The second-order valence-electron chi connectivity index (χ2n) is 8.68. The normalized spacial score (nSPS) is 29.2. The van der Waals surface area contributed by atoms with Crippen LogP contribution in [0.4, 0.5) is 0 Å². The molecule has 0 bridgehead atoms. The Hall–Kier alpha value is -0.816. The third-order valence-corrected chi connectivity index (χ3v) is 8.31. The Kier molecular flexibility index (Phi) is 7.23. The average Bonchev–Trinajstić information content (AvgIpc) is 2.54. The molecule has 0 saturated heterocycles. The molecular weight excluding hydrogens is 455 g/mol. The van der Waals surface area contributed by atoms with Gasteiger partial charge >= 0.3 is 0 Å². The molecule has 148 valence electrons. The Morgan fingerprint density at radius 1 is 0.963 bits per heavy atom. The molecular formula is C20H30BrO3PSi2. The molecule has 7 heteroatoms. The van der Waals surface area contributed by atoms with Crippen molar-refractivity contribution in [2.45, 2.75) is 50.5 Å². The minimum absolute atomic E-state index is 0.0936. The van der Waals surface area contributed by atoms with Crippen LogP contribution in [0.15, 0.2) is 65.6 Å². The van der Waals surface area contributed by atoms with E-state index in [1.165, 1.54) is 0 Å². The molecule has 0 N–H and O–H groups in total. The van der Waals surface area contributed by atoms with E-state index in [4.69, 9.17) is 8.85 Å². The van der Waals surface area contributed by atoms with Crippen molar-refractivity contribution in [3.63, 3.8) is 0 Å². The number of hydrogen-bond donors (Lipinski definition) is 0. The molecule has 1 unspecified atom stereocenters. The third kappa shape index (κ3) is 7.61. The molecule has 1 aliphatic heterocycles. The quantitative estimate of drug-likeness (QED) is 0.262. The summed E-state index contributed by atoms with van der Waals surface area (Å²) in [6, 6.07) is 9.61. The SMILES string of the molecule is C[Si](C)(C)OC1=C/[P@@](=O)(c2ccccc2)/C=C(/O[Si](C)(C)C)CC(Br)/C=C\1. The Balaban J connectivity index is 2.63. The monoisotopic (exact) mass is 484 g/mol. The third-order valence-electron chi connectivity index (χ3n) is 3.54. The number of alkyl halides is 1. The Labute approximate surface area is 174 Å². The predicted octanol–water partition coefficient (Wildman–Crippen LogP) is 6.78. The molecule has 0 fully saturated rings. The zero-order chi connectivity index (χ0) is 20.3. The molecule has 1 aromatic rings. The van der Waals surface area contributed by atoms with Crippen LogP contribution in [-0.4, -0.2) is 21.5 Å². The lowest BCUT2D eigenvalue weighted by molar-refractivity contribution is 0.403. The Morgan fingerprint density at radius 2 is 1.56 bits per heavy atom. The highest BCUT2D eigenvalue weighted by atomic mass is 79.9. The molecule has 1 aliphatic rings. The van der Waals surface area contributed by atoms with Crippen LogP contribution in [0.1, 0.15) is 6.42 Å². The van der Waals surface area contributed by atoms with Gasteiger partial charge in [-0.3, -0.25) is 0 Å². The number of benzene rings is 1. The Morgan fingerprint density at radius 3 is 2.11 bits per heavy atom. The van der Waals surface area contributed by atoms with Gasteiger partial charge in [-0.15, -0.1) is 0 Å². The topological polar surface area (TPSA) is 35.5 Å². The van der Waals surface area contributed by atoms with Crippen molar-refractivity contribution in [2.24, 2.45) is 0 Å². The number of halogens is 1. The average molecular weight is 486 g/mol. The highest BCUT2D eigenvalue weighted by Crippen LogP contribution is 2.51. The van der Waals surface area contributed by atoms with Crippen LogP contribution in [0.2, 0.25) is 39.3 Å². The summed E-state index contributed by atoms with van der Waals surface area (Å²) < 4.78 is 26.7. The number of hydrogen-bond acceptors (Lipinski definition) is 3. The standard InChI is InChI=1S/C20H30BrO3PSi2/c1-26(2,3)23-18-13-12-17(21)14-19(24-27(4,5)6)16-25(22,15-18)20-10-8-7-9-11-20/h7-13,15-17H,14H2,1-6H3/b13-12-,18-15+,19-16+/t17?,25-/m0/s1. The summed E-state index contributed by atoms with van der Waals surface area (Å²) in [7, 11) is -6.65. The van der Waals surface area contributed by atoms with E-state index in [-0.39, 0.29) is 4.83 Å². The predicted molar refractivity (Wildman–Crippen MR) is 125 cm³/mol. The van der Waals surface area contributed by atoms with Crippen LogP contribution in [-0.2, 0) is 13.4 Å². The summed E-state index contributed by atoms with van der Waals surface area (Å²) in [5.41, 5.74) is 0. The summed E-state index contributed by atoms with van der Waals surface area (Å²) in [4.78, 5) is 0.0936. The van der Waals surface area contributed by atoms with Gasteiger partial charge in [0.15, 0.2) is 7.14 Å². The minimum atomic E-state index is -2.98. The fraction of sp³-hybridized carbons (Fsp3) is 0.400. The molecule has 0 radical (unpaired) electrons. The summed E-state index contributed by atoms with van der Waals surface area (Å²) >= 11 is 3.70. The van der Waals surface area contributed by atoms with Gasteiger partial charge in [0.05, 0.1) is 5.76 Å². The van der Waals surface area contributed by atoms with Gasteiger partial charge in [-0.2, -0.15) is 0 Å². The van der Waals surface area contributed by atoms with E-state index in [1.54, 1.807) is 5.82 Å². The zero-order valence-electron chi connectivity index (χ0n) is 17.0. The van der Waals surface area contributed by atoms with Crippen molar-refractivity contribution in [1.29, 1.82) is 0 Å². The van der Waals surface area contributed by atoms with Crippen molar-refractivity contribution in [3.8, 4) is 0 Å². The van der Waals surface area contributed by atoms with Gasteiger partial charge in [-0.25, -0.2) is 0 Å². The first-order valence-corrected chi connectivity index (χ1v) is 18.7. The molecule has 1 heterocycles. The lowest BCUT2D eigenvalue weighted by Gasteiger charge is -2.24. The first-order valence-electron chi connectivity index (χ1n) is 9.16. The highest BCUT2D eigenvalue weighted by Gasteiger charge is 2.28. The fourth-order valence-corrected chi connectivity index (χ4v) is 7.23. The molecule has 0 amide bonds. The van der Waals surface area contributed by atoms with Crippen LogP contribution in [0, 0.1) is 0 Å². The molecule has 0 spiro atoms. The lowest BCUT2D eigenvalue weighted by Crippen LogP contribution is -2.25. The van der Waals surface area contributed by atoms with E-state index in [2.05, 4.69) is 55.2 Å². The van der Waals surface area contributed by atoms with E-state index in [0.29, 0.717) is 12.2 Å². The van der Waals surface area contributed by atoms with E-state index in [9.17, 15) is 4.57 Å². The maximum atomic E-state index is 14.1. The molecule has 2 atom stereocenters. The van der Waals surface area contributed by atoms with Gasteiger partial charge < -0.3 is 13.4 Å². The van der Waals surface area contributed by atoms with Crippen molar-refractivity contribution < 1.29 is 13.4 Å².